The number of pyridine rings is 1. The fraction of sp³-hybridized carbons (Fsp3) is 0.133. The van der Waals surface area contributed by atoms with Gasteiger partial charge in [0.25, 0.3) is 5.91 Å². The molecule has 0 aliphatic carbocycles. The number of halogens is 1. The van der Waals surface area contributed by atoms with Crippen LogP contribution in [-0.4, -0.2) is 31.0 Å². The van der Waals surface area contributed by atoms with Crippen LogP contribution in [0.25, 0.3) is 0 Å². The Morgan fingerprint density at radius 2 is 1.90 bits per heavy atom. The molecule has 1 amide bonds. The predicted molar refractivity (Wildman–Crippen MR) is 74.7 cm³/mol. The Bertz CT molecular complexity index is 671. The molecule has 0 unspecified atom stereocenters. The maximum absolute atomic E-state index is 12.8. The predicted octanol–water partition coefficient (Wildman–Crippen LogP) is 2.28. The first-order valence-electron chi connectivity index (χ1n) is 6.11. The SMILES string of the molecule is COC(=O)c1ccccc1N(C)C(=O)c1ccc(F)cn1. The highest BCUT2D eigenvalue weighted by Gasteiger charge is 2.20. The van der Waals surface area contributed by atoms with Gasteiger partial charge in [-0.2, -0.15) is 0 Å². The van der Waals surface area contributed by atoms with Gasteiger partial charge in [0.1, 0.15) is 11.5 Å². The summed E-state index contributed by atoms with van der Waals surface area (Å²) < 4.78 is 17.5. The molecule has 2 aromatic rings. The third-order valence-electron chi connectivity index (χ3n) is 2.92. The summed E-state index contributed by atoms with van der Waals surface area (Å²) in [6.07, 6.45) is 0.966. The Kier molecular flexibility index (Phi) is 4.27. The smallest absolute Gasteiger partial charge is 0.339 e. The van der Waals surface area contributed by atoms with Gasteiger partial charge in [0.2, 0.25) is 0 Å². The van der Waals surface area contributed by atoms with Crippen molar-refractivity contribution in [3.8, 4) is 0 Å². The van der Waals surface area contributed by atoms with E-state index in [9.17, 15) is 14.0 Å². The molecule has 0 radical (unpaired) electrons. The van der Waals surface area contributed by atoms with Gasteiger partial charge in [-0.15, -0.1) is 0 Å². The molecule has 0 aliphatic rings. The number of aromatic nitrogens is 1. The second kappa shape index (κ2) is 6.13. The number of nitrogens with zero attached hydrogens (tertiary/aromatic N) is 2. The molecule has 0 saturated heterocycles. The van der Waals surface area contributed by atoms with Crippen LogP contribution in [0, 0.1) is 5.82 Å². The summed E-state index contributed by atoms with van der Waals surface area (Å²) in [5.74, 6) is -1.52. The van der Waals surface area contributed by atoms with Gasteiger partial charge in [-0.3, -0.25) is 4.79 Å². The molecular formula is C15H13FN2O3. The van der Waals surface area contributed by atoms with Gasteiger partial charge in [0, 0.05) is 7.05 Å². The minimum Gasteiger partial charge on any atom is -0.465 e. The molecule has 0 N–H and O–H groups in total. The molecule has 2 rings (SSSR count). The summed E-state index contributed by atoms with van der Waals surface area (Å²) in [5, 5.41) is 0. The largest absolute Gasteiger partial charge is 0.465 e. The summed E-state index contributed by atoms with van der Waals surface area (Å²) in [6, 6.07) is 8.99. The molecule has 0 fully saturated rings. The standard InChI is InChI=1S/C15H13FN2O3/c1-18(14(19)12-8-7-10(16)9-17-12)13-6-4-3-5-11(13)15(20)21-2/h3-9H,1-2H3. The van der Waals surface area contributed by atoms with E-state index in [1.807, 2.05) is 0 Å². The Morgan fingerprint density at radius 3 is 2.52 bits per heavy atom. The van der Waals surface area contributed by atoms with E-state index >= 15 is 0 Å². The minimum atomic E-state index is -0.544. The van der Waals surface area contributed by atoms with Crippen molar-refractivity contribution in [2.45, 2.75) is 0 Å². The Morgan fingerprint density at radius 1 is 1.19 bits per heavy atom. The quantitative estimate of drug-likeness (QED) is 0.813. The first-order valence-corrected chi connectivity index (χ1v) is 6.11. The maximum atomic E-state index is 12.8. The van der Waals surface area contributed by atoms with E-state index in [2.05, 4.69) is 9.72 Å². The molecule has 1 heterocycles. The number of hydrogen-bond donors (Lipinski definition) is 0. The second-order valence-electron chi connectivity index (χ2n) is 4.23. The number of methoxy groups -OCH3 is 1. The monoisotopic (exact) mass is 288 g/mol. The summed E-state index contributed by atoms with van der Waals surface area (Å²) in [6.45, 7) is 0. The zero-order valence-corrected chi connectivity index (χ0v) is 11.5. The second-order valence-corrected chi connectivity index (χ2v) is 4.23. The summed E-state index contributed by atoms with van der Waals surface area (Å²) in [7, 11) is 2.78. The van der Waals surface area contributed by atoms with Gasteiger partial charge in [-0.1, -0.05) is 12.1 Å². The highest BCUT2D eigenvalue weighted by Crippen LogP contribution is 2.21. The number of carbonyl (C=O) groups excluding carboxylic acids is 2. The third-order valence-corrected chi connectivity index (χ3v) is 2.92. The lowest BCUT2D eigenvalue weighted by Gasteiger charge is -2.19. The van der Waals surface area contributed by atoms with Crippen LogP contribution in [0.4, 0.5) is 10.1 Å². The van der Waals surface area contributed by atoms with E-state index in [0.29, 0.717) is 5.69 Å². The van der Waals surface area contributed by atoms with Crippen molar-refractivity contribution in [2.75, 3.05) is 19.1 Å². The van der Waals surface area contributed by atoms with Gasteiger partial charge in [0.05, 0.1) is 24.6 Å². The lowest BCUT2D eigenvalue weighted by molar-refractivity contribution is 0.0601. The zero-order chi connectivity index (χ0) is 15.4. The molecule has 1 aromatic carbocycles. The molecule has 6 heteroatoms. The Balaban J connectivity index is 2.36. The third kappa shape index (κ3) is 3.05. The molecule has 0 bridgehead atoms. The number of rotatable bonds is 3. The van der Waals surface area contributed by atoms with Crippen LogP contribution in [0.3, 0.4) is 0 Å². The molecule has 108 valence electrons. The van der Waals surface area contributed by atoms with Gasteiger partial charge >= 0.3 is 5.97 Å². The normalized spacial score (nSPS) is 10.0. The Hall–Kier alpha value is -2.76. The molecule has 0 spiro atoms. The van der Waals surface area contributed by atoms with Crippen molar-refractivity contribution in [2.24, 2.45) is 0 Å². The van der Waals surface area contributed by atoms with Gasteiger partial charge in [-0.05, 0) is 24.3 Å². The molecule has 0 saturated carbocycles. The van der Waals surface area contributed by atoms with E-state index in [0.717, 1.165) is 12.3 Å². The first kappa shape index (κ1) is 14.6. The molecule has 1 aromatic heterocycles. The van der Waals surface area contributed by atoms with E-state index < -0.39 is 17.7 Å². The van der Waals surface area contributed by atoms with Crippen LogP contribution >= 0.6 is 0 Å². The number of esters is 1. The van der Waals surface area contributed by atoms with Crippen LogP contribution in [0.2, 0.25) is 0 Å². The van der Waals surface area contributed by atoms with Crippen LogP contribution in [0.1, 0.15) is 20.8 Å². The van der Waals surface area contributed by atoms with Crippen molar-refractivity contribution in [3.63, 3.8) is 0 Å². The van der Waals surface area contributed by atoms with Crippen LogP contribution in [0.15, 0.2) is 42.6 Å². The van der Waals surface area contributed by atoms with Crippen LogP contribution in [0.5, 0.6) is 0 Å². The fourth-order valence-corrected chi connectivity index (χ4v) is 1.83. The van der Waals surface area contributed by atoms with Gasteiger partial charge in [-0.25, -0.2) is 14.2 Å². The minimum absolute atomic E-state index is 0.0820. The fourth-order valence-electron chi connectivity index (χ4n) is 1.83. The maximum Gasteiger partial charge on any atom is 0.339 e. The van der Waals surface area contributed by atoms with Crippen molar-refractivity contribution in [1.82, 2.24) is 4.98 Å². The lowest BCUT2D eigenvalue weighted by Crippen LogP contribution is -2.28. The molecule has 0 atom stereocenters. The van der Waals surface area contributed by atoms with E-state index in [1.54, 1.807) is 24.3 Å². The first-order chi connectivity index (χ1) is 10.0. The van der Waals surface area contributed by atoms with Crippen molar-refractivity contribution in [3.05, 3.63) is 59.7 Å². The van der Waals surface area contributed by atoms with Crippen LogP contribution < -0.4 is 4.90 Å². The van der Waals surface area contributed by atoms with E-state index in [1.165, 1.54) is 25.1 Å². The van der Waals surface area contributed by atoms with Crippen molar-refractivity contribution < 1.29 is 18.7 Å². The molecule has 5 nitrogen and oxygen atoms in total. The van der Waals surface area contributed by atoms with E-state index in [-0.39, 0.29) is 11.3 Å². The molecular weight excluding hydrogens is 275 g/mol. The molecule has 0 aliphatic heterocycles. The highest BCUT2D eigenvalue weighted by molar-refractivity contribution is 6.08. The van der Waals surface area contributed by atoms with Crippen LogP contribution in [-0.2, 0) is 4.74 Å². The van der Waals surface area contributed by atoms with Crippen molar-refractivity contribution >= 4 is 17.6 Å². The topological polar surface area (TPSA) is 59.5 Å². The van der Waals surface area contributed by atoms with Gasteiger partial charge in [0.15, 0.2) is 0 Å². The summed E-state index contributed by atoms with van der Waals surface area (Å²) >= 11 is 0. The Labute approximate surface area is 121 Å². The number of carbonyl (C=O) groups is 2. The number of benzene rings is 1. The summed E-state index contributed by atoms with van der Waals surface area (Å²) in [5.41, 5.74) is 0.733. The van der Waals surface area contributed by atoms with Crippen molar-refractivity contribution in [1.29, 1.82) is 0 Å². The number of anilines is 1. The number of amides is 1. The summed E-state index contributed by atoms with van der Waals surface area (Å²) in [4.78, 5) is 29.0. The zero-order valence-electron chi connectivity index (χ0n) is 11.5. The average molecular weight is 288 g/mol. The number of hydrogen-bond acceptors (Lipinski definition) is 4. The lowest BCUT2D eigenvalue weighted by atomic mass is 10.1. The molecule has 21 heavy (non-hydrogen) atoms. The van der Waals surface area contributed by atoms with E-state index in [4.69, 9.17) is 0 Å². The number of para-hydroxylation sites is 1. The highest BCUT2D eigenvalue weighted by atomic mass is 19.1. The van der Waals surface area contributed by atoms with Gasteiger partial charge < -0.3 is 9.64 Å². The number of ether oxygens (including phenoxy) is 1. The average Bonchev–Trinajstić information content (AvgIpc) is 2.53.